The van der Waals surface area contributed by atoms with Gasteiger partial charge in [0.1, 0.15) is 5.84 Å². The van der Waals surface area contributed by atoms with Crippen molar-refractivity contribution in [1.29, 1.82) is 5.41 Å². The zero-order valence-electron chi connectivity index (χ0n) is 19.5. The SMILES string of the molecule is CCS(=O)(=O)N1c2ccc(N3CCNCC3)cc2CC1c1ccc2ccc(C(=N)N)cc2c1.Cl.Cl. The topological polar surface area (TPSA) is 103 Å². The van der Waals surface area contributed by atoms with E-state index in [4.69, 9.17) is 11.1 Å². The van der Waals surface area contributed by atoms with Crippen LogP contribution < -0.4 is 20.3 Å². The molecule has 5 rings (SSSR count). The molecule has 1 fully saturated rings. The van der Waals surface area contributed by atoms with Crippen molar-refractivity contribution >= 4 is 62.8 Å². The van der Waals surface area contributed by atoms with Crippen molar-refractivity contribution in [2.45, 2.75) is 19.4 Å². The molecule has 0 radical (unpaired) electrons. The van der Waals surface area contributed by atoms with Gasteiger partial charge in [-0.3, -0.25) is 9.71 Å². The predicted octanol–water partition coefficient (Wildman–Crippen LogP) is 3.83. The molecule has 0 saturated carbocycles. The minimum atomic E-state index is -3.47. The summed E-state index contributed by atoms with van der Waals surface area (Å²) in [6.07, 6.45) is 0.631. The molecule has 1 unspecified atom stereocenters. The number of hydrogen-bond acceptors (Lipinski definition) is 5. The fraction of sp³-hybridized carbons (Fsp3) is 0.320. The highest BCUT2D eigenvalue weighted by Gasteiger charge is 2.38. The third-order valence-electron chi connectivity index (χ3n) is 6.70. The van der Waals surface area contributed by atoms with Gasteiger partial charge in [-0.1, -0.05) is 24.3 Å². The van der Waals surface area contributed by atoms with E-state index in [0.29, 0.717) is 12.0 Å². The van der Waals surface area contributed by atoms with Crippen LogP contribution in [0.4, 0.5) is 11.4 Å². The smallest absolute Gasteiger partial charge is 0.235 e. The van der Waals surface area contributed by atoms with E-state index < -0.39 is 10.0 Å². The van der Waals surface area contributed by atoms with Crippen molar-refractivity contribution in [1.82, 2.24) is 5.32 Å². The van der Waals surface area contributed by atoms with Gasteiger partial charge in [0.2, 0.25) is 10.0 Å². The van der Waals surface area contributed by atoms with Gasteiger partial charge >= 0.3 is 0 Å². The first-order valence-corrected chi connectivity index (χ1v) is 13.0. The number of nitrogens with two attached hydrogens (primary N) is 1. The number of rotatable bonds is 5. The summed E-state index contributed by atoms with van der Waals surface area (Å²) in [6.45, 7) is 5.49. The molecule has 2 heterocycles. The highest BCUT2D eigenvalue weighted by Crippen LogP contribution is 2.44. The molecule has 0 spiro atoms. The average molecular weight is 537 g/mol. The van der Waals surface area contributed by atoms with Gasteiger partial charge in [0.15, 0.2) is 0 Å². The minimum Gasteiger partial charge on any atom is -0.384 e. The van der Waals surface area contributed by atoms with Gasteiger partial charge in [-0.2, -0.15) is 0 Å². The molecule has 1 atom stereocenters. The van der Waals surface area contributed by atoms with E-state index in [0.717, 1.165) is 59.5 Å². The number of benzene rings is 3. The number of piperazine rings is 1. The van der Waals surface area contributed by atoms with Crippen molar-refractivity contribution in [2.75, 3.05) is 41.1 Å². The first-order valence-electron chi connectivity index (χ1n) is 11.4. The Kier molecular flexibility index (Phi) is 8.21. The van der Waals surface area contributed by atoms with Crippen LogP contribution in [0.5, 0.6) is 0 Å². The fourth-order valence-electron chi connectivity index (χ4n) is 4.91. The summed E-state index contributed by atoms with van der Waals surface area (Å²) < 4.78 is 28.0. The zero-order valence-corrected chi connectivity index (χ0v) is 22.0. The summed E-state index contributed by atoms with van der Waals surface area (Å²) in [6, 6.07) is 17.6. The van der Waals surface area contributed by atoms with Crippen LogP contribution in [0.3, 0.4) is 0 Å². The van der Waals surface area contributed by atoms with Crippen LogP contribution >= 0.6 is 24.8 Å². The molecule has 7 nitrogen and oxygen atoms in total. The summed E-state index contributed by atoms with van der Waals surface area (Å²) in [5, 5.41) is 13.1. The number of sulfonamides is 1. The number of nitrogen functional groups attached to an aromatic ring is 1. The third-order valence-corrected chi connectivity index (χ3v) is 8.48. The number of amidine groups is 1. The van der Waals surface area contributed by atoms with Gasteiger partial charge in [0, 0.05) is 43.9 Å². The van der Waals surface area contributed by atoms with E-state index >= 15 is 0 Å². The van der Waals surface area contributed by atoms with Crippen molar-refractivity contribution in [3.05, 3.63) is 71.3 Å². The second-order valence-electron chi connectivity index (χ2n) is 8.70. The summed E-state index contributed by atoms with van der Waals surface area (Å²) in [5.74, 6) is 0.0658. The Bertz CT molecular complexity index is 1340. The van der Waals surface area contributed by atoms with Gasteiger partial charge in [0.25, 0.3) is 0 Å². The van der Waals surface area contributed by atoms with Gasteiger partial charge in [-0.25, -0.2) is 8.42 Å². The van der Waals surface area contributed by atoms with E-state index in [1.165, 1.54) is 0 Å². The molecule has 35 heavy (non-hydrogen) atoms. The molecule has 10 heteroatoms. The Morgan fingerprint density at radius 1 is 1.03 bits per heavy atom. The number of fused-ring (bicyclic) bond motifs is 2. The lowest BCUT2D eigenvalue weighted by Crippen LogP contribution is -2.43. The molecule has 4 N–H and O–H groups in total. The molecule has 2 aliphatic heterocycles. The lowest BCUT2D eigenvalue weighted by molar-refractivity contribution is 0.583. The molecule has 0 bridgehead atoms. The normalized spacial score (nSPS) is 17.5. The Labute approximate surface area is 219 Å². The molecule has 3 aromatic carbocycles. The highest BCUT2D eigenvalue weighted by atomic mass is 35.5. The molecule has 0 aromatic heterocycles. The van der Waals surface area contributed by atoms with Crippen molar-refractivity contribution in [2.24, 2.45) is 5.73 Å². The first-order chi connectivity index (χ1) is 15.9. The Morgan fingerprint density at radius 2 is 1.74 bits per heavy atom. The number of nitrogens with zero attached hydrogens (tertiary/aromatic N) is 2. The van der Waals surface area contributed by atoms with Gasteiger partial charge in [-0.15, -0.1) is 24.8 Å². The fourth-order valence-corrected chi connectivity index (χ4v) is 6.25. The highest BCUT2D eigenvalue weighted by molar-refractivity contribution is 7.92. The summed E-state index contributed by atoms with van der Waals surface area (Å²) in [5.41, 5.74) is 10.3. The number of nitrogens with one attached hydrogen (secondary N) is 2. The van der Waals surface area contributed by atoms with Crippen molar-refractivity contribution in [3.63, 3.8) is 0 Å². The summed E-state index contributed by atoms with van der Waals surface area (Å²) in [7, 11) is -3.47. The number of anilines is 2. The average Bonchev–Trinajstić information content (AvgIpc) is 3.23. The summed E-state index contributed by atoms with van der Waals surface area (Å²) >= 11 is 0. The lowest BCUT2D eigenvalue weighted by Gasteiger charge is -2.30. The standard InChI is InChI=1S/C25H29N5O2S.2ClH/c1-2-33(31,32)30-23-8-7-22(29-11-9-28-10-12-29)15-21(23)16-24(30)18-5-3-17-4-6-19(25(26)27)14-20(17)13-18;;/h3-8,13-15,24,28H,2,9-12,16H2,1H3,(H3,26,27);2*1H. The van der Waals surface area contributed by atoms with E-state index in [-0.39, 0.29) is 42.4 Å². The molecule has 2 aliphatic rings. The molecule has 3 aromatic rings. The monoisotopic (exact) mass is 535 g/mol. The predicted molar refractivity (Wildman–Crippen MR) is 149 cm³/mol. The zero-order chi connectivity index (χ0) is 23.2. The van der Waals surface area contributed by atoms with Crippen LogP contribution in [0.1, 0.15) is 29.7 Å². The van der Waals surface area contributed by atoms with Gasteiger partial charge < -0.3 is 16.0 Å². The Balaban J connectivity index is 0.00000171. The van der Waals surface area contributed by atoms with E-state index in [1.807, 2.05) is 48.5 Å². The minimum absolute atomic E-state index is 0. The van der Waals surface area contributed by atoms with Crippen LogP contribution in [0.25, 0.3) is 10.8 Å². The van der Waals surface area contributed by atoms with Crippen LogP contribution in [-0.4, -0.2) is 46.2 Å². The van der Waals surface area contributed by atoms with E-state index in [2.05, 4.69) is 16.3 Å². The van der Waals surface area contributed by atoms with Crippen LogP contribution in [0.2, 0.25) is 0 Å². The van der Waals surface area contributed by atoms with Gasteiger partial charge in [0.05, 0.1) is 17.5 Å². The maximum Gasteiger partial charge on any atom is 0.235 e. The largest absolute Gasteiger partial charge is 0.384 e. The third kappa shape index (κ3) is 5.07. The van der Waals surface area contributed by atoms with Crippen molar-refractivity contribution in [3.8, 4) is 0 Å². The Morgan fingerprint density at radius 3 is 2.43 bits per heavy atom. The quantitative estimate of drug-likeness (QED) is 0.340. The maximum absolute atomic E-state index is 13.2. The van der Waals surface area contributed by atoms with Crippen molar-refractivity contribution < 1.29 is 8.42 Å². The van der Waals surface area contributed by atoms with Crippen LogP contribution in [0.15, 0.2) is 54.6 Å². The van der Waals surface area contributed by atoms with Crippen LogP contribution in [-0.2, 0) is 16.4 Å². The second kappa shape index (κ2) is 10.6. The van der Waals surface area contributed by atoms with Crippen LogP contribution in [0, 0.1) is 5.41 Å². The molecule has 188 valence electrons. The summed E-state index contributed by atoms with van der Waals surface area (Å²) in [4.78, 5) is 2.35. The molecule has 1 saturated heterocycles. The molecule has 0 aliphatic carbocycles. The molecule has 0 amide bonds. The lowest BCUT2D eigenvalue weighted by atomic mass is 9.98. The van der Waals surface area contributed by atoms with E-state index in [9.17, 15) is 8.42 Å². The number of hydrogen-bond donors (Lipinski definition) is 3. The maximum atomic E-state index is 13.2. The molecular weight excluding hydrogens is 505 g/mol. The molecular formula is C25H31Cl2N5O2S. The second-order valence-corrected chi connectivity index (χ2v) is 10.8. The van der Waals surface area contributed by atoms with Gasteiger partial charge in [-0.05, 0) is 59.2 Å². The number of halogens is 2. The first kappa shape index (κ1) is 27.1. The van der Waals surface area contributed by atoms with E-state index in [1.54, 1.807) is 11.2 Å². The Hall–Kier alpha value is -2.52.